The number of urea groups is 1. The van der Waals surface area contributed by atoms with Crippen LogP contribution in [0.4, 0.5) is 4.79 Å². The van der Waals surface area contributed by atoms with Gasteiger partial charge < -0.3 is 15.5 Å². The molecule has 21 heavy (non-hydrogen) atoms. The van der Waals surface area contributed by atoms with E-state index in [0.717, 1.165) is 52.1 Å². The summed E-state index contributed by atoms with van der Waals surface area (Å²) < 4.78 is 2.41. The van der Waals surface area contributed by atoms with Gasteiger partial charge in [-0.25, -0.2) is 4.79 Å². The second-order valence-corrected chi connectivity index (χ2v) is 6.89. The first-order valence-electron chi connectivity index (χ1n) is 8.28. The monoisotopic (exact) mass is 314 g/mol. The molecule has 0 radical (unpaired) electrons. The smallest absolute Gasteiger partial charge is 0.317 e. The van der Waals surface area contributed by atoms with Gasteiger partial charge in [-0.3, -0.25) is 4.31 Å². The van der Waals surface area contributed by atoms with E-state index in [1.807, 2.05) is 16.8 Å². The van der Waals surface area contributed by atoms with Gasteiger partial charge in [-0.1, -0.05) is 11.9 Å². The maximum absolute atomic E-state index is 12.4. The lowest BCUT2D eigenvalue weighted by Gasteiger charge is -2.35. The molecule has 6 heteroatoms. The summed E-state index contributed by atoms with van der Waals surface area (Å²) in [6, 6.07) is 0.547. The van der Waals surface area contributed by atoms with Crippen molar-refractivity contribution in [3.63, 3.8) is 0 Å². The first-order valence-corrected chi connectivity index (χ1v) is 9.47. The number of piperidine rings is 2. The van der Waals surface area contributed by atoms with Crippen LogP contribution in [0.25, 0.3) is 0 Å². The first-order chi connectivity index (χ1) is 10.2. The van der Waals surface area contributed by atoms with Crippen molar-refractivity contribution in [1.29, 1.82) is 0 Å². The molecule has 0 bridgehead atoms. The normalized spacial score (nSPS) is 22.2. The fourth-order valence-corrected chi connectivity index (χ4v) is 3.89. The molecule has 2 saturated heterocycles. The molecule has 122 valence electrons. The van der Waals surface area contributed by atoms with E-state index in [1.54, 1.807) is 0 Å². The molecule has 0 saturated carbocycles. The summed E-state index contributed by atoms with van der Waals surface area (Å²) in [4.78, 5) is 14.4. The summed E-state index contributed by atoms with van der Waals surface area (Å²) >= 11 is 1.83. The van der Waals surface area contributed by atoms with Gasteiger partial charge >= 0.3 is 6.03 Å². The number of amides is 2. The third-order valence-corrected chi connectivity index (χ3v) is 5.61. The average Bonchev–Trinajstić information content (AvgIpc) is 2.55. The lowest BCUT2D eigenvalue weighted by molar-refractivity contribution is 0.159. The van der Waals surface area contributed by atoms with Crippen molar-refractivity contribution in [2.75, 3.05) is 45.5 Å². The molecular weight excluding hydrogens is 284 g/mol. The number of nitrogens with zero attached hydrogens (tertiary/aromatic N) is 2. The topological polar surface area (TPSA) is 47.6 Å². The zero-order chi connectivity index (χ0) is 15.1. The third kappa shape index (κ3) is 5.04. The van der Waals surface area contributed by atoms with Crippen LogP contribution in [0.2, 0.25) is 0 Å². The molecule has 5 nitrogen and oxygen atoms in total. The molecule has 2 N–H and O–H groups in total. The van der Waals surface area contributed by atoms with Crippen LogP contribution in [-0.4, -0.2) is 66.8 Å². The highest BCUT2D eigenvalue weighted by molar-refractivity contribution is 7.96. The maximum Gasteiger partial charge on any atom is 0.317 e. The molecule has 0 aromatic rings. The van der Waals surface area contributed by atoms with Gasteiger partial charge in [0.05, 0.1) is 0 Å². The molecule has 2 fully saturated rings. The van der Waals surface area contributed by atoms with Gasteiger partial charge in [0, 0.05) is 32.2 Å². The van der Waals surface area contributed by atoms with Gasteiger partial charge in [0.25, 0.3) is 0 Å². The zero-order valence-electron chi connectivity index (χ0n) is 13.4. The molecular formula is C15H30N4OS. The Hall–Kier alpha value is -0.460. The number of hydrogen-bond acceptors (Lipinski definition) is 4. The Balaban J connectivity index is 1.72. The number of carbonyl (C=O) groups is 1. The Labute approximate surface area is 133 Å². The molecule has 2 rings (SSSR count). The number of carbonyl (C=O) groups excluding carboxylic acids is 1. The van der Waals surface area contributed by atoms with Gasteiger partial charge in [-0.15, -0.1) is 0 Å². The van der Waals surface area contributed by atoms with Crippen LogP contribution in [0.1, 0.15) is 32.6 Å². The minimum absolute atomic E-state index is 0.136. The summed E-state index contributed by atoms with van der Waals surface area (Å²) in [7, 11) is 0. The summed E-state index contributed by atoms with van der Waals surface area (Å²) in [5.41, 5.74) is 0. The van der Waals surface area contributed by atoms with Crippen molar-refractivity contribution in [2.45, 2.75) is 38.6 Å². The quantitative estimate of drug-likeness (QED) is 0.759. The van der Waals surface area contributed by atoms with Crippen LogP contribution in [0.15, 0.2) is 0 Å². The number of hydrogen-bond donors (Lipinski definition) is 2. The molecule has 0 atom stereocenters. The fourth-order valence-electron chi connectivity index (χ4n) is 3.32. The highest BCUT2D eigenvalue weighted by atomic mass is 32.2. The highest BCUT2D eigenvalue weighted by Crippen LogP contribution is 2.20. The number of nitrogens with one attached hydrogen (secondary N) is 2. The van der Waals surface area contributed by atoms with Crippen molar-refractivity contribution in [1.82, 2.24) is 19.8 Å². The van der Waals surface area contributed by atoms with E-state index in [9.17, 15) is 4.79 Å². The van der Waals surface area contributed by atoms with Crippen molar-refractivity contribution in [3.8, 4) is 0 Å². The van der Waals surface area contributed by atoms with Gasteiger partial charge in [0.1, 0.15) is 0 Å². The van der Waals surface area contributed by atoms with Crippen LogP contribution in [0.3, 0.4) is 0 Å². The first kappa shape index (κ1) is 16.9. The lowest BCUT2D eigenvalue weighted by atomic mass is 9.98. The number of rotatable bonds is 5. The van der Waals surface area contributed by atoms with E-state index in [-0.39, 0.29) is 6.03 Å². The predicted octanol–water partition coefficient (Wildman–Crippen LogP) is 1.76. The fraction of sp³-hybridized carbons (Fsp3) is 0.933. The minimum atomic E-state index is 0.136. The van der Waals surface area contributed by atoms with E-state index in [1.165, 1.54) is 12.8 Å². The summed E-state index contributed by atoms with van der Waals surface area (Å²) in [6.45, 7) is 8.08. The predicted molar refractivity (Wildman–Crippen MR) is 89.5 cm³/mol. The Kier molecular flexibility index (Phi) is 7.13. The largest absolute Gasteiger partial charge is 0.338 e. The van der Waals surface area contributed by atoms with E-state index in [0.29, 0.717) is 12.0 Å². The molecule has 2 heterocycles. The van der Waals surface area contributed by atoms with Crippen molar-refractivity contribution in [3.05, 3.63) is 0 Å². The van der Waals surface area contributed by atoms with Crippen molar-refractivity contribution in [2.24, 2.45) is 5.92 Å². The summed E-state index contributed by atoms with van der Waals surface area (Å²) in [5, 5.41) is 6.54. The van der Waals surface area contributed by atoms with E-state index in [2.05, 4.69) is 28.1 Å². The van der Waals surface area contributed by atoms with E-state index < -0.39 is 0 Å². The molecule has 0 aromatic carbocycles. The molecule has 0 spiro atoms. The SMILES string of the molecule is CCN(C(=O)NCC1CCN(SC)CC1)C1CCNCC1. The van der Waals surface area contributed by atoms with Crippen LogP contribution in [0, 0.1) is 5.92 Å². The van der Waals surface area contributed by atoms with E-state index >= 15 is 0 Å². The molecule has 0 aliphatic carbocycles. The van der Waals surface area contributed by atoms with Crippen LogP contribution in [0.5, 0.6) is 0 Å². The second kappa shape index (κ2) is 8.86. The van der Waals surface area contributed by atoms with Crippen molar-refractivity contribution >= 4 is 18.0 Å². The van der Waals surface area contributed by atoms with E-state index in [4.69, 9.17) is 0 Å². The Morgan fingerprint density at radius 1 is 1.29 bits per heavy atom. The van der Waals surface area contributed by atoms with Gasteiger partial charge in [0.15, 0.2) is 0 Å². The van der Waals surface area contributed by atoms with Gasteiger partial charge in [-0.05, 0) is 57.9 Å². The van der Waals surface area contributed by atoms with Gasteiger partial charge in [0.2, 0.25) is 0 Å². The minimum Gasteiger partial charge on any atom is -0.338 e. The van der Waals surface area contributed by atoms with Gasteiger partial charge in [-0.2, -0.15) is 0 Å². The molecule has 2 amide bonds. The third-order valence-electron chi connectivity index (χ3n) is 4.72. The lowest BCUT2D eigenvalue weighted by Crippen LogP contribution is -2.50. The Bertz CT molecular complexity index is 315. The van der Waals surface area contributed by atoms with Crippen LogP contribution < -0.4 is 10.6 Å². The average molecular weight is 314 g/mol. The zero-order valence-corrected chi connectivity index (χ0v) is 14.3. The van der Waals surface area contributed by atoms with Crippen LogP contribution >= 0.6 is 11.9 Å². The second-order valence-electron chi connectivity index (χ2n) is 6.01. The molecule has 2 aliphatic heterocycles. The standard InChI is InChI=1S/C15H30N4OS/c1-3-19(14-4-8-16-9-5-14)15(20)17-12-13-6-10-18(21-2)11-7-13/h13-14,16H,3-12H2,1-2H3,(H,17,20). The molecule has 2 aliphatic rings. The summed E-state index contributed by atoms with van der Waals surface area (Å²) in [5.74, 6) is 0.643. The molecule has 0 aromatic heterocycles. The Morgan fingerprint density at radius 3 is 2.52 bits per heavy atom. The Morgan fingerprint density at radius 2 is 1.95 bits per heavy atom. The van der Waals surface area contributed by atoms with Crippen molar-refractivity contribution < 1.29 is 4.79 Å². The highest BCUT2D eigenvalue weighted by Gasteiger charge is 2.25. The van der Waals surface area contributed by atoms with Crippen LogP contribution in [-0.2, 0) is 0 Å². The molecule has 0 unspecified atom stereocenters. The maximum atomic E-state index is 12.4. The summed E-state index contributed by atoms with van der Waals surface area (Å²) in [6.07, 6.45) is 6.68.